The number of benzene rings is 2. The average Bonchev–Trinajstić information content (AvgIpc) is 3.53. The van der Waals surface area contributed by atoms with Crippen LogP contribution >= 0.6 is 0 Å². The SMILES string of the molecule is NC(=O)[C@H](C[C@@H]1CCCNC1=O)NC(=O)[C@@H]1[C@H]2CC(F)(F)C[C@H]2CN1C(=O)C1(O)c2ccccc2-c2ccccc21. The second kappa shape index (κ2) is 9.90. The zero-order valence-corrected chi connectivity index (χ0v) is 22.3. The molecule has 4 aliphatic rings. The number of nitrogens with zero attached hydrogens (tertiary/aromatic N) is 1. The molecule has 1 saturated carbocycles. The summed E-state index contributed by atoms with van der Waals surface area (Å²) >= 11 is 0. The molecular formula is C30H32F2N4O5. The molecule has 2 aliphatic carbocycles. The monoisotopic (exact) mass is 566 g/mol. The molecule has 41 heavy (non-hydrogen) atoms. The van der Waals surface area contributed by atoms with Gasteiger partial charge in [-0.3, -0.25) is 19.2 Å². The number of likely N-dealkylation sites (tertiary alicyclic amines) is 1. The van der Waals surface area contributed by atoms with Crippen LogP contribution in [0.4, 0.5) is 8.78 Å². The molecule has 216 valence electrons. The molecule has 5 N–H and O–H groups in total. The Morgan fingerprint density at radius 1 is 1.07 bits per heavy atom. The van der Waals surface area contributed by atoms with Gasteiger partial charge in [-0.25, -0.2) is 8.78 Å². The van der Waals surface area contributed by atoms with Gasteiger partial charge in [-0.1, -0.05) is 48.5 Å². The first-order valence-corrected chi connectivity index (χ1v) is 14.0. The maximum atomic E-state index is 14.5. The van der Waals surface area contributed by atoms with Crippen LogP contribution in [0.15, 0.2) is 48.5 Å². The van der Waals surface area contributed by atoms with E-state index in [1.165, 1.54) is 4.90 Å². The molecule has 11 heteroatoms. The van der Waals surface area contributed by atoms with E-state index in [2.05, 4.69) is 10.6 Å². The molecule has 3 fully saturated rings. The Balaban J connectivity index is 1.33. The van der Waals surface area contributed by atoms with Gasteiger partial charge >= 0.3 is 0 Å². The second-order valence-electron chi connectivity index (χ2n) is 11.7. The summed E-state index contributed by atoms with van der Waals surface area (Å²) in [4.78, 5) is 54.0. The molecule has 2 saturated heterocycles. The number of fused-ring (bicyclic) bond motifs is 4. The average molecular weight is 567 g/mol. The molecule has 2 aromatic rings. The summed E-state index contributed by atoms with van der Waals surface area (Å²) in [5.74, 6) is -7.79. The van der Waals surface area contributed by atoms with E-state index in [9.17, 15) is 33.1 Å². The molecule has 2 heterocycles. The van der Waals surface area contributed by atoms with Crippen molar-refractivity contribution in [3.63, 3.8) is 0 Å². The van der Waals surface area contributed by atoms with Crippen LogP contribution in [0.2, 0.25) is 0 Å². The third-order valence-corrected chi connectivity index (χ3v) is 9.22. The number of rotatable bonds is 6. The van der Waals surface area contributed by atoms with Crippen molar-refractivity contribution >= 4 is 23.6 Å². The van der Waals surface area contributed by atoms with Crippen LogP contribution < -0.4 is 16.4 Å². The zero-order chi connectivity index (χ0) is 29.1. The van der Waals surface area contributed by atoms with Crippen molar-refractivity contribution in [1.29, 1.82) is 0 Å². The van der Waals surface area contributed by atoms with Crippen LogP contribution in [-0.4, -0.2) is 64.7 Å². The van der Waals surface area contributed by atoms with Gasteiger partial charge < -0.3 is 26.4 Å². The number of alkyl halides is 2. The van der Waals surface area contributed by atoms with E-state index >= 15 is 0 Å². The predicted octanol–water partition coefficient (Wildman–Crippen LogP) is 1.66. The number of nitrogens with two attached hydrogens (primary N) is 1. The van der Waals surface area contributed by atoms with E-state index in [0.717, 1.165) is 0 Å². The summed E-state index contributed by atoms with van der Waals surface area (Å²) in [6.45, 7) is 0.380. The predicted molar refractivity (Wildman–Crippen MR) is 143 cm³/mol. The highest BCUT2D eigenvalue weighted by Crippen LogP contribution is 2.53. The Kier molecular flexibility index (Phi) is 6.60. The Labute approximate surface area is 235 Å². The number of carbonyl (C=O) groups is 4. The first-order valence-electron chi connectivity index (χ1n) is 14.0. The van der Waals surface area contributed by atoms with E-state index in [0.29, 0.717) is 41.6 Å². The van der Waals surface area contributed by atoms with E-state index in [-0.39, 0.29) is 18.9 Å². The summed E-state index contributed by atoms with van der Waals surface area (Å²) < 4.78 is 29.1. The van der Waals surface area contributed by atoms with Gasteiger partial charge in [-0.15, -0.1) is 0 Å². The van der Waals surface area contributed by atoms with Gasteiger partial charge in [0.15, 0.2) is 5.60 Å². The standard InChI is InChI=1S/C30H32F2N4O5/c31-29(32)13-17-15-36(28(40)30(41)21-9-3-1-7-18(21)19-8-2-4-10-22(19)30)24(20(17)14-29)27(39)35-23(25(33)37)12-16-6-5-11-34-26(16)38/h1-4,7-10,16-17,20,23-24,41H,5-6,11-15H2,(H2,33,37)(H,34,38)(H,35,39)/t16-,17-,20-,23-,24-/m0/s1. The van der Waals surface area contributed by atoms with Crippen molar-refractivity contribution in [3.8, 4) is 11.1 Å². The fraction of sp³-hybridized carbons (Fsp3) is 0.467. The summed E-state index contributed by atoms with van der Waals surface area (Å²) in [6, 6.07) is 11.3. The van der Waals surface area contributed by atoms with Crippen LogP contribution in [0.1, 0.15) is 43.2 Å². The van der Waals surface area contributed by atoms with Crippen LogP contribution in [-0.2, 0) is 24.8 Å². The number of hydrogen-bond donors (Lipinski definition) is 4. The molecule has 2 aliphatic heterocycles. The number of amides is 4. The third-order valence-electron chi connectivity index (χ3n) is 9.22. The third kappa shape index (κ3) is 4.46. The lowest BCUT2D eigenvalue weighted by atomic mass is 9.88. The van der Waals surface area contributed by atoms with Crippen molar-refractivity contribution in [2.45, 2.75) is 55.7 Å². The summed E-state index contributed by atoms with van der Waals surface area (Å²) in [5.41, 5.74) is 5.51. The minimum Gasteiger partial charge on any atom is -0.372 e. The number of carbonyl (C=O) groups excluding carboxylic acids is 4. The fourth-order valence-corrected chi connectivity index (χ4v) is 7.34. The summed E-state index contributed by atoms with van der Waals surface area (Å²) in [7, 11) is 0. The molecule has 0 spiro atoms. The van der Waals surface area contributed by atoms with Crippen LogP contribution in [0.3, 0.4) is 0 Å². The van der Waals surface area contributed by atoms with Gasteiger partial charge in [-0.05, 0) is 42.2 Å². The number of piperidine rings is 1. The highest BCUT2D eigenvalue weighted by atomic mass is 19.3. The lowest BCUT2D eigenvalue weighted by molar-refractivity contribution is -0.153. The minimum atomic E-state index is -3.00. The highest BCUT2D eigenvalue weighted by molar-refractivity contribution is 6.01. The number of nitrogens with one attached hydrogen (secondary N) is 2. The Bertz CT molecular complexity index is 1390. The van der Waals surface area contributed by atoms with Crippen molar-refractivity contribution < 1.29 is 33.1 Å². The molecule has 0 bridgehead atoms. The van der Waals surface area contributed by atoms with Crippen LogP contribution in [0.25, 0.3) is 11.1 Å². The van der Waals surface area contributed by atoms with Crippen molar-refractivity contribution in [3.05, 3.63) is 59.7 Å². The zero-order valence-electron chi connectivity index (χ0n) is 22.3. The molecule has 0 radical (unpaired) electrons. The molecule has 5 atom stereocenters. The molecule has 0 aromatic heterocycles. The van der Waals surface area contributed by atoms with Crippen molar-refractivity contribution in [1.82, 2.24) is 15.5 Å². The van der Waals surface area contributed by atoms with Crippen molar-refractivity contribution in [2.75, 3.05) is 13.1 Å². The van der Waals surface area contributed by atoms with E-state index in [1.54, 1.807) is 48.5 Å². The summed E-state index contributed by atoms with van der Waals surface area (Å²) in [6.07, 6.45) is 0.0989. The maximum absolute atomic E-state index is 14.5. The number of hydrogen-bond acceptors (Lipinski definition) is 5. The topological polar surface area (TPSA) is 142 Å². The Morgan fingerprint density at radius 2 is 1.71 bits per heavy atom. The number of primary amides is 1. The van der Waals surface area contributed by atoms with Crippen LogP contribution in [0.5, 0.6) is 0 Å². The fourth-order valence-electron chi connectivity index (χ4n) is 7.34. The minimum absolute atomic E-state index is 0.0392. The maximum Gasteiger partial charge on any atom is 0.264 e. The normalized spacial score (nSPS) is 27.8. The Hall–Kier alpha value is -3.86. The molecule has 4 amide bonds. The van der Waals surface area contributed by atoms with Gasteiger partial charge in [0.25, 0.3) is 5.91 Å². The van der Waals surface area contributed by atoms with E-state index in [1.807, 2.05) is 0 Å². The lowest BCUT2D eigenvalue weighted by Gasteiger charge is -2.35. The van der Waals surface area contributed by atoms with Gasteiger partial charge in [0.05, 0.1) is 0 Å². The Morgan fingerprint density at radius 3 is 2.32 bits per heavy atom. The number of halogens is 2. The molecule has 9 nitrogen and oxygen atoms in total. The molecular weight excluding hydrogens is 534 g/mol. The lowest BCUT2D eigenvalue weighted by Crippen LogP contribution is -2.57. The van der Waals surface area contributed by atoms with Gasteiger partial charge in [0.1, 0.15) is 12.1 Å². The van der Waals surface area contributed by atoms with E-state index in [4.69, 9.17) is 5.73 Å². The quantitative estimate of drug-likeness (QED) is 0.421. The molecule has 2 aromatic carbocycles. The van der Waals surface area contributed by atoms with E-state index < -0.39 is 71.9 Å². The first kappa shape index (κ1) is 27.3. The molecule has 6 rings (SSSR count). The van der Waals surface area contributed by atoms with Gasteiger partial charge in [0.2, 0.25) is 23.6 Å². The number of aliphatic hydroxyl groups is 1. The van der Waals surface area contributed by atoms with Gasteiger partial charge in [0, 0.05) is 43.0 Å². The highest BCUT2D eigenvalue weighted by Gasteiger charge is 2.61. The largest absolute Gasteiger partial charge is 0.372 e. The van der Waals surface area contributed by atoms with Crippen molar-refractivity contribution in [2.24, 2.45) is 23.5 Å². The van der Waals surface area contributed by atoms with Gasteiger partial charge in [-0.2, -0.15) is 0 Å². The smallest absolute Gasteiger partial charge is 0.264 e. The van der Waals surface area contributed by atoms with Crippen LogP contribution in [0, 0.1) is 17.8 Å². The first-order chi connectivity index (χ1) is 19.5. The molecule has 0 unspecified atom stereocenters. The second-order valence-corrected chi connectivity index (χ2v) is 11.7. The summed E-state index contributed by atoms with van der Waals surface area (Å²) in [5, 5.41) is 17.4.